The number of piperazine rings is 1. The minimum Gasteiger partial charge on any atom is -0.340 e. The Balaban J connectivity index is 1.52. The molecule has 1 aliphatic heterocycles. The molecule has 1 saturated carbocycles. The summed E-state index contributed by atoms with van der Waals surface area (Å²) >= 11 is 1.36. The minimum atomic E-state index is -0.276. The predicted octanol–water partition coefficient (Wildman–Crippen LogP) is 1.50. The van der Waals surface area contributed by atoms with Crippen molar-refractivity contribution in [3.63, 3.8) is 0 Å². The van der Waals surface area contributed by atoms with Gasteiger partial charge in [0.1, 0.15) is 11.1 Å². The van der Waals surface area contributed by atoms with Gasteiger partial charge in [0, 0.05) is 32.1 Å². The molecular formula is C16H20N4O2S. The molecular weight excluding hydrogens is 312 g/mol. The molecule has 0 aromatic carbocycles. The van der Waals surface area contributed by atoms with Crippen LogP contribution in [0.3, 0.4) is 0 Å². The van der Waals surface area contributed by atoms with Gasteiger partial charge in [0.25, 0.3) is 0 Å². The second-order valence-electron chi connectivity index (χ2n) is 6.08. The van der Waals surface area contributed by atoms with Crippen molar-refractivity contribution in [3.8, 4) is 6.07 Å². The van der Waals surface area contributed by atoms with Crippen molar-refractivity contribution in [2.24, 2.45) is 5.92 Å². The van der Waals surface area contributed by atoms with Crippen molar-refractivity contribution in [2.75, 3.05) is 31.5 Å². The maximum absolute atomic E-state index is 12.4. The molecule has 1 N–H and O–H groups in total. The highest BCUT2D eigenvalue weighted by Gasteiger charge is 2.35. The SMILES string of the molecule is C[C@H](C(=O)Nc1sccc1C#N)N1CCN(C(=O)C2CC2)CC1. The molecule has 2 heterocycles. The van der Waals surface area contributed by atoms with E-state index in [0.29, 0.717) is 36.7 Å². The third-order valence-corrected chi connectivity index (χ3v) is 5.33. The Hall–Kier alpha value is -1.91. The maximum atomic E-state index is 12.4. The lowest BCUT2D eigenvalue weighted by atomic mass is 10.2. The van der Waals surface area contributed by atoms with Crippen molar-refractivity contribution in [1.29, 1.82) is 5.26 Å². The molecule has 1 atom stereocenters. The summed E-state index contributed by atoms with van der Waals surface area (Å²) in [7, 11) is 0. The van der Waals surface area contributed by atoms with Crippen molar-refractivity contribution in [1.82, 2.24) is 9.80 Å². The number of nitrogens with zero attached hydrogens (tertiary/aromatic N) is 3. The molecule has 2 fully saturated rings. The molecule has 1 aromatic heterocycles. The zero-order valence-corrected chi connectivity index (χ0v) is 13.9. The highest BCUT2D eigenvalue weighted by atomic mass is 32.1. The fraction of sp³-hybridized carbons (Fsp3) is 0.562. The molecule has 0 bridgehead atoms. The monoisotopic (exact) mass is 332 g/mol. The number of rotatable bonds is 4. The number of hydrogen-bond acceptors (Lipinski definition) is 5. The molecule has 1 saturated heterocycles. The van der Waals surface area contributed by atoms with E-state index < -0.39 is 0 Å². The second-order valence-corrected chi connectivity index (χ2v) is 6.99. The number of amides is 2. The average molecular weight is 332 g/mol. The summed E-state index contributed by atoms with van der Waals surface area (Å²) in [5, 5.41) is 14.2. The Bertz CT molecular complexity index is 639. The average Bonchev–Trinajstić information content (AvgIpc) is 3.33. The molecule has 2 aliphatic rings. The Kier molecular flexibility index (Phi) is 4.64. The largest absolute Gasteiger partial charge is 0.340 e. The summed E-state index contributed by atoms with van der Waals surface area (Å²) in [6.45, 7) is 4.67. The molecule has 3 rings (SSSR count). The zero-order valence-electron chi connectivity index (χ0n) is 13.1. The van der Waals surface area contributed by atoms with Gasteiger partial charge in [-0.1, -0.05) is 0 Å². The van der Waals surface area contributed by atoms with Crippen LogP contribution in [0, 0.1) is 17.2 Å². The van der Waals surface area contributed by atoms with E-state index in [-0.39, 0.29) is 23.8 Å². The van der Waals surface area contributed by atoms with Crippen LogP contribution in [0.15, 0.2) is 11.4 Å². The number of carbonyl (C=O) groups excluding carboxylic acids is 2. The molecule has 1 aliphatic carbocycles. The lowest BCUT2D eigenvalue weighted by Gasteiger charge is -2.37. The van der Waals surface area contributed by atoms with Gasteiger partial charge in [0.15, 0.2) is 0 Å². The lowest BCUT2D eigenvalue weighted by Crippen LogP contribution is -2.54. The number of carbonyl (C=O) groups is 2. The Labute approximate surface area is 139 Å². The number of thiophene rings is 1. The standard InChI is InChI=1S/C16H20N4O2S/c1-11(14(21)18-15-13(10-17)4-9-23-15)19-5-7-20(8-6-19)16(22)12-2-3-12/h4,9,11-12H,2-3,5-8H2,1H3,(H,18,21)/t11-/m1/s1. The van der Waals surface area contributed by atoms with Gasteiger partial charge in [-0.25, -0.2) is 0 Å². The normalized spacial score (nSPS) is 19.9. The Morgan fingerprint density at radius 1 is 1.35 bits per heavy atom. The third-order valence-electron chi connectivity index (χ3n) is 4.50. The highest BCUT2D eigenvalue weighted by molar-refractivity contribution is 7.14. The van der Waals surface area contributed by atoms with Gasteiger partial charge in [-0.15, -0.1) is 11.3 Å². The maximum Gasteiger partial charge on any atom is 0.242 e. The summed E-state index contributed by atoms with van der Waals surface area (Å²) in [5.41, 5.74) is 0.496. The minimum absolute atomic E-state index is 0.106. The fourth-order valence-corrected chi connectivity index (χ4v) is 3.53. The quantitative estimate of drug-likeness (QED) is 0.906. The molecule has 6 nitrogen and oxygen atoms in total. The van der Waals surface area contributed by atoms with Gasteiger partial charge in [-0.2, -0.15) is 5.26 Å². The van der Waals surface area contributed by atoms with E-state index in [1.807, 2.05) is 11.8 Å². The number of anilines is 1. The van der Waals surface area contributed by atoms with E-state index in [4.69, 9.17) is 5.26 Å². The number of hydrogen-bond donors (Lipinski definition) is 1. The predicted molar refractivity (Wildman–Crippen MR) is 88.0 cm³/mol. The summed E-state index contributed by atoms with van der Waals surface area (Å²) in [6.07, 6.45) is 2.06. The van der Waals surface area contributed by atoms with Crippen LogP contribution >= 0.6 is 11.3 Å². The van der Waals surface area contributed by atoms with Gasteiger partial charge in [-0.3, -0.25) is 14.5 Å². The van der Waals surface area contributed by atoms with E-state index in [2.05, 4.69) is 16.3 Å². The molecule has 23 heavy (non-hydrogen) atoms. The van der Waals surface area contributed by atoms with Gasteiger partial charge < -0.3 is 10.2 Å². The van der Waals surface area contributed by atoms with Crippen LogP contribution < -0.4 is 5.32 Å². The highest BCUT2D eigenvalue weighted by Crippen LogP contribution is 2.31. The van der Waals surface area contributed by atoms with Gasteiger partial charge >= 0.3 is 0 Å². The molecule has 122 valence electrons. The molecule has 0 unspecified atom stereocenters. The van der Waals surface area contributed by atoms with Crippen LogP contribution in [0.1, 0.15) is 25.3 Å². The topological polar surface area (TPSA) is 76.4 Å². The summed E-state index contributed by atoms with van der Waals surface area (Å²) in [5.74, 6) is 0.426. The molecule has 0 spiro atoms. The van der Waals surface area contributed by atoms with Gasteiger partial charge in [0.05, 0.1) is 11.6 Å². The lowest BCUT2D eigenvalue weighted by molar-refractivity contribution is -0.135. The van der Waals surface area contributed by atoms with Crippen molar-refractivity contribution in [3.05, 3.63) is 17.0 Å². The van der Waals surface area contributed by atoms with E-state index in [9.17, 15) is 9.59 Å². The summed E-state index contributed by atoms with van der Waals surface area (Å²) < 4.78 is 0. The van der Waals surface area contributed by atoms with Crippen LogP contribution in [-0.4, -0.2) is 53.8 Å². The van der Waals surface area contributed by atoms with E-state index in [1.54, 1.807) is 11.4 Å². The van der Waals surface area contributed by atoms with E-state index >= 15 is 0 Å². The first-order valence-corrected chi connectivity index (χ1v) is 8.79. The number of nitrogens with one attached hydrogen (secondary N) is 1. The molecule has 1 aromatic rings. The summed E-state index contributed by atoms with van der Waals surface area (Å²) in [4.78, 5) is 28.4. The van der Waals surface area contributed by atoms with Crippen molar-refractivity contribution < 1.29 is 9.59 Å². The van der Waals surface area contributed by atoms with Crippen LogP contribution in [0.25, 0.3) is 0 Å². The van der Waals surface area contributed by atoms with Crippen LogP contribution in [0.2, 0.25) is 0 Å². The Morgan fingerprint density at radius 3 is 2.65 bits per heavy atom. The molecule has 0 radical (unpaired) electrons. The Morgan fingerprint density at radius 2 is 2.04 bits per heavy atom. The van der Waals surface area contributed by atoms with Gasteiger partial charge in [0.2, 0.25) is 11.8 Å². The van der Waals surface area contributed by atoms with Crippen LogP contribution in [0.5, 0.6) is 0 Å². The zero-order chi connectivity index (χ0) is 16.4. The molecule has 7 heteroatoms. The molecule has 2 amide bonds. The second kappa shape index (κ2) is 6.69. The van der Waals surface area contributed by atoms with E-state index in [0.717, 1.165) is 12.8 Å². The van der Waals surface area contributed by atoms with Crippen LogP contribution in [0.4, 0.5) is 5.00 Å². The first-order chi connectivity index (χ1) is 11.1. The van der Waals surface area contributed by atoms with Crippen LogP contribution in [-0.2, 0) is 9.59 Å². The smallest absolute Gasteiger partial charge is 0.242 e. The fourth-order valence-electron chi connectivity index (χ4n) is 2.79. The van der Waals surface area contributed by atoms with E-state index in [1.165, 1.54) is 11.3 Å². The number of nitriles is 1. The first kappa shape index (κ1) is 16.0. The van der Waals surface area contributed by atoms with Crippen molar-refractivity contribution in [2.45, 2.75) is 25.8 Å². The first-order valence-electron chi connectivity index (χ1n) is 7.91. The van der Waals surface area contributed by atoms with Gasteiger partial charge in [-0.05, 0) is 31.2 Å². The van der Waals surface area contributed by atoms with Crippen molar-refractivity contribution >= 4 is 28.2 Å². The third kappa shape index (κ3) is 3.54. The summed E-state index contributed by atoms with van der Waals surface area (Å²) in [6, 6.07) is 3.50.